The summed E-state index contributed by atoms with van der Waals surface area (Å²) in [5.41, 5.74) is 1.79. The van der Waals surface area contributed by atoms with E-state index < -0.39 is 36.9 Å². The Hall–Kier alpha value is -4.20. The highest BCUT2D eigenvalue weighted by atomic mass is 35.5. The third-order valence-electron chi connectivity index (χ3n) is 8.07. The lowest BCUT2D eigenvalue weighted by molar-refractivity contribution is -0.605. The number of ketones is 1. The van der Waals surface area contributed by atoms with E-state index in [-0.39, 0.29) is 51.4 Å². The van der Waals surface area contributed by atoms with Crippen molar-refractivity contribution in [3.63, 3.8) is 0 Å². The highest BCUT2D eigenvalue weighted by Crippen LogP contribution is 2.38. The number of esters is 1. The number of ether oxygens (including phenoxy) is 4. The molecular weight excluding hydrogens is 663 g/mol. The van der Waals surface area contributed by atoms with Crippen LogP contribution in [0.25, 0.3) is 0 Å². The molecule has 0 N–H and O–H groups in total. The summed E-state index contributed by atoms with van der Waals surface area (Å²) in [6, 6.07) is 9.11. The van der Waals surface area contributed by atoms with Gasteiger partial charge in [-0.2, -0.15) is 13.5 Å². The molecule has 1 aliphatic carbocycles. The van der Waals surface area contributed by atoms with Gasteiger partial charge in [0.2, 0.25) is 0 Å². The van der Waals surface area contributed by atoms with E-state index in [2.05, 4.69) is 4.74 Å². The molecule has 15 heteroatoms. The summed E-state index contributed by atoms with van der Waals surface area (Å²) in [6.45, 7) is -1.13. The molecule has 248 valence electrons. The fourth-order valence-corrected chi connectivity index (χ4v) is 6.04. The van der Waals surface area contributed by atoms with Gasteiger partial charge in [-0.1, -0.05) is 29.3 Å². The van der Waals surface area contributed by atoms with Crippen LogP contribution in [0.4, 0.5) is 20.2 Å². The van der Waals surface area contributed by atoms with Gasteiger partial charge in [0.1, 0.15) is 22.7 Å². The van der Waals surface area contributed by atoms with Gasteiger partial charge in [-0.3, -0.25) is 19.3 Å². The van der Waals surface area contributed by atoms with Gasteiger partial charge in [0.05, 0.1) is 31.1 Å². The lowest BCUT2D eigenvalue weighted by atomic mass is 10.0. The number of alkyl halides is 2. The Kier molecular flexibility index (Phi) is 9.67. The first-order valence-corrected chi connectivity index (χ1v) is 15.6. The number of fused-ring (bicyclic) bond motifs is 1. The highest BCUT2D eigenvalue weighted by Gasteiger charge is 2.38. The summed E-state index contributed by atoms with van der Waals surface area (Å²) >= 11 is 12.7. The van der Waals surface area contributed by atoms with Crippen LogP contribution in [-0.2, 0) is 25.5 Å². The SMILES string of the molecule is O=C(CN1C(=O)C(=O)c2ccc(N3CCOCC3)cc21)O[C@@H](Cc1c(Cl)c[n+]([O-])cc1Cl)c1ccc(OC(F)F)c(OCC2CC2)c1. The van der Waals surface area contributed by atoms with Crippen molar-refractivity contribution >= 4 is 52.2 Å². The third kappa shape index (κ3) is 7.53. The monoisotopic (exact) mass is 691 g/mol. The number of carbonyl (C=O) groups is 3. The number of morpholine rings is 1. The molecule has 11 nitrogen and oxygen atoms in total. The van der Waals surface area contributed by atoms with Crippen molar-refractivity contribution in [3.05, 3.63) is 80.7 Å². The topological polar surface area (TPSA) is 122 Å². The lowest BCUT2D eigenvalue weighted by Crippen LogP contribution is -2.37. The second-order valence-electron chi connectivity index (χ2n) is 11.3. The van der Waals surface area contributed by atoms with E-state index in [9.17, 15) is 28.4 Å². The van der Waals surface area contributed by atoms with Crippen LogP contribution >= 0.6 is 23.2 Å². The number of nitrogens with zero attached hydrogens (tertiary/aromatic N) is 3. The van der Waals surface area contributed by atoms with Gasteiger partial charge in [0.15, 0.2) is 23.9 Å². The van der Waals surface area contributed by atoms with Gasteiger partial charge in [-0.15, -0.1) is 0 Å². The first kappa shape index (κ1) is 32.7. The summed E-state index contributed by atoms with van der Waals surface area (Å²) in [5.74, 6) is -2.41. The van der Waals surface area contributed by atoms with Crippen molar-refractivity contribution in [2.45, 2.75) is 32.0 Å². The Morgan fingerprint density at radius 1 is 1.04 bits per heavy atom. The molecule has 2 fully saturated rings. The van der Waals surface area contributed by atoms with E-state index in [1.54, 1.807) is 18.2 Å². The van der Waals surface area contributed by atoms with Crippen LogP contribution in [0.15, 0.2) is 48.8 Å². The van der Waals surface area contributed by atoms with E-state index in [0.29, 0.717) is 42.5 Å². The van der Waals surface area contributed by atoms with E-state index in [1.807, 2.05) is 4.90 Å². The average molecular weight is 692 g/mol. The molecular formula is C32H29Cl2F2N3O8. The maximum absolute atomic E-state index is 13.5. The average Bonchev–Trinajstić information content (AvgIpc) is 3.85. The van der Waals surface area contributed by atoms with Crippen LogP contribution in [0, 0.1) is 11.1 Å². The summed E-state index contributed by atoms with van der Waals surface area (Å²) in [7, 11) is 0. The number of hydrogen-bond acceptors (Lipinski definition) is 9. The van der Waals surface area contributed by atoms with Crippen molar-refractivity contribution < 1.29 is 46.8 Å². The van der Waals surface area contributed by atoms with Crippen LogP contribution in [0.1, 0.15) is 40.4 Å². The molecule has 1 amide bonds. The molecule has 47 heavy (non-hydrogen) atoms. The number of carbonyl (C=O) groups excluding carboxylic acids is 3. The molecule has 0 spiro atoms. The predicted octanol–water partition coefficient (Wildman–Crippen LogP) is 4.91. The minimum atomic E-state index is -3.11. The summed E-state index contributed by atoms with van der Waals surface area (Å²) in [5, 5.41) is 11.9. The van der Waals surface area contributed by atoms with E-state index >= 15 is 0 Å². The quantitative estimate of drug-likeness (QED) is 0.113. The van der Waals surface area contributed by atoms with E-state index in [1.165, 1.54) is 18.2 Å². The number of pyridine rings is 1. The molecule has 0 unspecified atom stereocenters. The van der Waals surface area contributed by atoms with Crippen molar-refractivity contribution in [3.8, 4) is 11.5 Å². The van der Waals surface area contributed by atoms with E-state index in [0.717, 1.165) is 35.8 Å². The molecule has 1 saturated heterocycles. The zero-order chi connectivity index (χ0) is 33.2. The maximum atomic E-state index is 13.5. The van der Waals surface area contributed by atoms with Gasteiger partial charge < -0.3 is 29.1 Å². The number of amides is 1. The largest absolute Gasteiger partial charge is 0.619 e. The third-order valence-corrected chi connectivity index (χ3v) is 8.72. The fraction of sp³-hybridized carbons (Fsp3) is 0.375. The molecule has 3 aliphatic rings. The van der Waals surface area contributed by atoms with E-state index in [4.69, 9.17) is 37.4 Å². The van der Waals surface area contributed by atoms with Gasteiger partial charge >= 0.3 is 12.6 Å². The smallest absolute Gasteiger partial charge is 0.387 e. The Labute approximate surface area is 278 Å². The van der Waals surface area contributed by atoms with Gasteiger partial charge in [-0.05, 0) is 54.7 Å². The molecule has 0 radical (unpaired) electrons. The zero-order valence-electron chi connectivity index (χ0n) is 24.8. The second kappa shape index (κ2) is 13.9. The van der Waals surface area contributed by atoms with Crippen LogP contribution in [0.3, 0.4) is 0 Å². The lowest BCUT2D eigenvalue weighted by Gasteiger charge is -2.29. The van der Waals surface area contributed by atoms with Gasteiger partial charge in [0, 0.05) is 30.8 Å². The highest BCUT2D eigenvalue weighted by molar-refractivity contribution is 6.52. The number of aromatic nitrogens is 1. The predicted molar refractivity (Wildman–Crippen MR) is 165 cm³/mol. The minimum absolute atomic E-state index is 0.00120. The molecule has 3 heterocycles. The van der Waals surface area contributed by atoms with Gasteiger partial charge in [0.25, 0.3) is 11.7 Å². The second-order valence-corrected chi connectivity index (χ2v) is 12.1. The molecule has 1 atom stereocenters. The summed E-state index contributed by atoms with van der Waals surface area (Å²) < 4.78 is 48.5. The fourth-order valence-electron chi connectivity index (χ4n) is 5.44. The Morgan fingerprint density at radius 3 is 2.45 bits per heavy atom. The van der Waals surface area contributed by atoms with Crippen LogP contribution < -0.4 is 24.0 Å². The summed E-state index contributed by atoms with van der Waals surface area (Å²) in [4.78, 5) is 42.5. The van der Waals surface area contributed by atoms with Crippen molar-refractivity contribution in [2.24, 2.45) is 5.92 Å². The minimum Gasteiger partial charge on any atom is -0.619 e. The standard InChI is InChI=1S/C32H29Cl2F2N3O8/c33-23-14-38(43)15-24(34)22(23)13-27(19-3-6-26(47-32(35)36)28(11-19)45-17-18-1-2-18)46-29(40)16-39-25-12-20(37-7-9-44-10-8-37)4-5-21(25)30(41)31(39)42/h3-6,11-12,14-15,18,27,32H,1-2,7-10,13,16-17H2/t27-/m0/s1. The molecule has 0 bridgehead atoms. The van der Waals surface area contributed by atoms with Crippen LogP contribution in [0.2, 0.25) is 10.0 Å². The first-order valence-electron chi connectivity index (χ1n) is 14.9. The molecule has 2 aromatic carbocycles. The normalized spacial score (nSPS) is 16.8. The number of anilines is 2. The van der Waals surface area contributed by atoms with Crippen molar-refractivity contribution in [2.75, 3.05) is 49.3 Å². The maximum Gasteiger partial charge on any atom is 0.387 e. The Bertz CT molecular complexity index is 1680. The molecule has 6 rings (SSSR count). The number of halogens is 4. The van der Waals surface area contributed by atoms with Crippen LogP contribution in [0.5, 0.6) is 11.5 Å². The summed E-state index contributed by atoms with van der Waals surface area (Å²) in [6.07, 6.45) is 2.80. The molecule has 2 aliphatic heterocycles. The Morgan fingerprint density at radius 2 is 1.77 bits per heavy atom. The number of rotatable bonds is 12. The molecule has 3 aromatic rings. The van der Waals surface area contributed by atoms with Crippen LogP contribution in [-0.4, -0.2) is 63.7 Å². The number of benzene rings is 2. The molecule has 1 saturated carbocycles. The number of hydrogen-bond donors (Lipinski definition) is 0. The Balaban J connectivity index is 1.29. The van der Waals surface area contributed by atoms with Crippen molar-refractivity contribution in [1.82, 2.24) is 0 Å². The number of Topliss-reactive ketones (excluding diaryl/α,β-unsaturated/α-hetero) is 1. The zero-order valence-corrected chi connectivity index (χ0v) is 26.3. The first-order chi connectivity index (χ1) is 22.6. The molecule has 1 aromatic heterocycles. The van der Waals surface area contributed by atoms with Crippen molar-refractivity contribution in [1.29, 1.82) is 0 Å². The van der Waals surface area contributed by atoms with Gasteiger partial charge in [-0.25, -0.2) is 0 Å².